The number of aliphatic carboxylic acids is 2. The molecule has 222 valence electrons. The van der Waals surface area contributed by atoms with Gasteiger partial charge in [0.05, 0.1) is 17.2 Å². The minimum atomic E-state index is -5.08. The first-order chi connectivity index (χ1) is 19.2. The van der Waals surface area contributed by atoms with E-state index in [-0.39, 0.29) is 5.91 Å². The van der Waals surface area contributed by atoms with Crippen LogP contribution in [0.15, 0.2) is 42.9 Å². The summed E-state index contributed by atoms with van der Waals surface area (Å²) in [5.41, 5.74) is 2.05. The van der Waals surface area contributed by atoms with Crippen molar-refractivity contribution >= 4 is 34.7 Å². The van der Waals surface area contributed by atoms with Gasteiger partial charge in [-0.2, -0.15) is 26.3 Å². The highest BCUT2D eigenvalue weighted by Gasteiger charge is 2.39. The van der Waals surface area contributed by atoms with Gasteiger partial charge in [0, 0.05) is 44.5 Å². The molecule has 3 aromatic rings. The Hall–Kier alpha value is -4.44. The zero-order valence-electron chi connectivity index (χ0n) is 21.1. The fraction of sp³-hybridized carbons (Fsp3) is 0.417. The predicted octanol–water partition coefficient (Wildman–Crippen LogP) is 3.32. The van der Waals surface area contributed by atoms with Crippen molar-refractivity contribution in [2.45, 2.75) is 37.7 Å². The van der Waals surface area contributed by atoms with Crippen LogP contribution in [0.5, 0.6) is 0 Å². The van der Waals surface area contributed by atoms with E-state index < -0.39 is 24.3 Å². The summed E-state index contributed by atoms with van der Waals surface area (Å²) >= 11 is 0. The zero-order valence-corrected chi connectivity index (χ0v) is 21.1. The summed E-state index contributed by atoms with van der Waals surface area (Å²) in [5.74, 6) is -2.89. The summed E-state index contributed by atoms with van der Waals surface area (Å²) in [7, 11) is 0. The monoisotopic (exact) mass is 590 g/mol. The number of carboxylic acids is 2. The predicted molar refractivity (Wildman–Crippen MR) is 130 cm³/mol. The van der Waals surface area contributed by atoms with Crippen LogP contribution in [0.2, 0.25) is 0 Å². The van der Waals surface area contributed by atoms with E-state index in [1.807, 2.05) is 23.1 Å². The molecule has 11 nitrogen and oxygen atoms in total. The van der Waals surface area contributed by atoms with E-state index in [1.165, 1.54) is 12.8 Å². The third-order valence-corrected chi connectivity index (χ3v) is 5.91. The van der Waals surface area contributed by atoms with E-state index in [0.717, 1.165) is 35.8 Å². The zero-order chi connectivity index (χ0) is 30.4. The molecule has 0 radical (unpaired) electrons. The minimum absolute atomic E-state index is 0.166. The third-order valence-electron chi connectivity index (χ3n) is 5.91. The first kappa shape index (κ1) is 31.1. The molecule has 41 heavy (non-hydrogen) atoms. The van der Waals surface area contributed by atoms with Crippen LogP contribution in [0.25, 0.3) is 11.0 Å². The Bertz CT molecular complexity index is 1330. The van der Waals surface area contributed by atoms with Crippen molar-refractivity contribution < 1.29 is 50.9 Å². The summed E-state index contributed by atoms with van der Waals surface area (Å²) in [6.07, 6.45) is -2.66. The molecule has 17 heteroatoms. The van der Waals surface area contributed by atoms with Gasteiger partial charge in [-0.1, -0.05) is 12.1 Å². The molecule has 0 bridgehead atoms. The van der Waals surface area contributed by atoms with Gasteiger partial charge >= 0.3 is 24.3 Å². The summed E-state index contributed by atoms with van der Waals surface area (Å²) in [6, 6.07) is 8.11. The van der Waals surface area contributed by atoms with Crippen molar-refractivity contribution in [1.29, 1.82) is 0 Å². The molecule has 1 saturated carbocycles. The lowest BCUT2D eigenvalue weighted by atomic mass is 10.3. The van der Waals surface area contributed by atoms with E-state index in [1.54, 1.807) is 18.6 Å². The smallest absolute Gasteiger partial charge is 0.475 e. The number of rotatable bonds is 4. The maximum absolute atomic E-state index is 13.0. The number of imidazole rings is 1. The minimum Gasteiger partial charge on any atom is -0.475 e. The van der Waals surface area contributed by atoms with E-state index in [4.69, 9.17) is 24.8 Å². The van der Waals surface area contributed by atoms with E-state index >= 15 is 0 Å². The molecule has 1 amide bonds. The van der Waals surface area contributed by atoms with E-state index in [2.05, 4.69) is 25.5 Å². The molecular formula is C24H24F6N6O5. The number of piperazine rings is 1. The number of nitrogens with zero attached hydrogens (tertiary/aromatic N) is 6. The molecule has 0 spiro atoms. The molecule has 3 heterocycles. The van der Waals surface area contributed by atoms with E-state index in [9.17, 15) is 31.1 Å². The Balaban J connectivity index is 0.000000276. The Labute approximate surface area is 228 Å². The normalized spacial score (nSPS) is 15.4. The average molecular weight is 590 g/mol. The second kappa shape index (κ2) is 12.8. The molecule has 0 atom stereocenters. The standard InChI is InChI=1S/C20H22N6O.2C2HF3O2/c27-19(25-11-9-24(10-12-25)18-13-21-7-8-22-18)14-26-17-4-2-1-3-16(17)23-20(26)15-5-6-15;2*3-2(4,5)1(6)7/h1-4,7-8,13,15H,5-6,9-12,14H2;2*(H,6,7). The highest BCUT2D eigenvalue weighted by atomic mass is 19.4. The topological polar surface area (TPSA) is 142 Å². The molecule has 2 aromatic heterocycles. The summed E-state index contributed by atoms with van der Waals surface area (Å²) < 4.78 is 65.6. The van der Waals surface area contributed by atoms with Crippen molar-refractivity contribution in [1.82, 2.24) is 24.4 Å². The number of alkyl halides is 6. The van der Waals surface area contributed by atoms with Crippen LogP contribution in [0, 0.1) is 0 Å². The number of hydrogen-bond donors (Lipinski definition) is 2. The quantitative estimate of drug-likeness (QED) is 0.438. The second-order valence-corrected chi connectivity index (χ2v) is 8.86. The van der Waals surface area contributed by atoms with Gasteiger partial charge in [0.15, 0.2) is 0 Å². The first-order valence-corrected chi connectivity index (χ1v) is 12.0. The van der Waals surface area contributed by atoms with Crippen LogP contribution < -0.4 is 4.90 Å². The lowest BCUT2D eigenvalue weighted by Gasteiger charge is -2.35. The number of fused-ring (bicyclic) bond motifs is 1. The number of carboxylic acid groups (broad SMARTS) is 2. The van der Waals surface area contributed by atoms with Gasteiger partial charge in [0.25, 0.3) is 0 Å². The Morgan fingerprint density at radius 3 is 1.93 bits per heavy atom. The van der Waals surface area contributed by atoms with Crippen molar-refractivity contribution in [2.24, 2.45) is 0 Å². The van der Waals surface area contributed by atoms with Crippen LogP contribution in [0.4, 0.5) is 32.2 Å². The summed E-state index contributed by atoms with van der Waals surface area (Å²) in [6.45, 7) is 3.36. The maximum Gasteiger partial charge on any atom is 0.490 e. The lowest BCUT2D eigenvalue weighted by Crippen LogP contribution is -2.49. The summed E-state index contributed by atoms with van der Waals surface area (Å²) in [5, 5.41) is 14.2. The Morgan fingerprint density at radius 1 is 0.878 bits per heavy atom. The number of halogens is 6. The number of benzene rings is 1. The van der Waals surface area contributed by atoms with Crippen LogP contribution in [0.1, 0.15) is 24.6 Å². The van der Waals surface area contributed by atoms with Gasteiger partial charge in [-0.05, 0) is 25.0 Å². The van der Waals surface area contributed by atoms with Gasteiger partial charge in [0.1, 0.15) is 18.2 Å². The van der Waals surface area contributed by atoms with Gasteiger partial charge in [-0.3, -0.25) is 9.78 Å². The van der Waals surface area contributed by atoms with Crippen LogP contribution in [-0.4, -0.2) is 91.0 Å². The molecule has 2 fully saturated rings. The number of amides is 1. The first-order valence-electron chi connectivity index (χ1n) is 12.0. The van der Waals surface area contributed by atoms with Gasteiger partial charge in [-0.15, -0.1) is 0 Å². The highest BCUT2D eigenvalue weighted by molar-refractivity contribution is 5.81. The molecule has 1 aliphatic heterocycles. The fourth-order valence-electron chi connectivity index (χ4n) is 3.79. The average Bonchev–Trinajstić information content (AvgIpc) is 3.71. The fourth-order valence-corrected chi connectivity index (χ4v) is 3.79. The van der Waals surface area contributed by atoms with Gasteiger partial charge < -0.3 is 24.6 Å². The number of aromatic nitrogens is 4. The number of carbonyl (C=O) groups excluding carboxylic acids is 1. The molecule has 5 rings (SSSR count). The molecule has 1 aliphatic carbocycles. The van der Waals surface area contributed by atoms with Crippen LogP contribution in [-0.2, 0) is 20.9 Å². The Kier molecular flexibility index (Phi) is 9.72. The SMILES string of the molecule is O=C(Cn1c(C2CC2)nc2ccccc21)N1CCN(c2cnccn2)CC1.O=C(O)C(F)(F)F.O=C(O)C(F)(F)F. The molecule has 2 aliphatic rings. The molecule has 0 unspecified atom stereocenters. The number of hydrogen-bond acceptors (Lipinski definition) is 7. The van der Waals surface area contributed by atoms with Crippen LogP contribution >= 0.6 is 0 Å². The van der Waals surface area contributed by atoms with Crippen molar-refractivity contribution in [3.05, 3.63) is 48.7 Å². The molecule has 1 aromatic carbocycles. The van der Waals surface area contributed by atoms with Crippen LogP contribution in [0.3, 0.4) is 0 Å². The van der Waals surface area contributed by atoms with Crippen molar-refractivity contribution in [2.75, 3.05) is 31.1 Å². The number of anilines is 1. The van der Waals surface area contributed by atoms with Gasteiger partial charge in [0.2, 0.25) is 5.91 Å². The molecule has 2 N–H and O–H groups in total. The summed E-state index contributed by atoms with van der Waals surface area (Å²) in [4.78, 5) is 48.2. The second-order valence-electron chi connectivity index (χ2n) is 8.86. The largest absolute Gasteiger partial charge is 0.490 e. The molecule has 1 saturated heterocycles. The maximum atomic E-state index is 13.0. The van der Waals surface area contributed by atoms with Crippen molar-refractivity contribution in [3.63, 3.8) is 0 Å². The number of para-hydroxylation sites is 2. The number of carbonyl (C=O) groups is 3. The van der Waals surface area contributed by atoms with Gasteiger partial charge in [-0.25, -0.2) is 19.6 Å². The molecular weight excluding hydrogens is 566 g/mol. The lowest BCUT2D eigenvalue weighted by molar-refractivity contribution is -0.193. The Morgan fingerprint density at radius 2 is 1.44 bits per heavy atom. The van der Waals surface area contributed by atoms with E-state index in [0.29, 0.717) is 25.6 Å². The van der Waals surface area contributed by atoms with Crippen molar-refractivity contribution in [3.8, 4) is 0 Å². The third kappa shape index (κ3) is 8.77. The highest BCUT2D eigenvalue weighted by Crippen LogP contribution is 2.40.